The molecule has 1 aromatic carbocycles. The van der Waals surface area contributed by atoms with Gasteiger partial charge in [0.05, 0.1) is 6.33 Å². The molecule has 0 spiro atoms. The molecule has 0 atom stereocenters. The van der Waals surface area contributed by atoms with Crippen molar-refractivity contribution in [2.75, 3.05) is 5.73 Å². The van der Waals surface area contributed by atoms with E-state index in [-0.39, 0.29) is 0 Å². The number of aromatic amines is 1. The lowest BCUT2D eigenvalue weighted by Gasteiger charge is -2.17. The Morgan fingerprint density at radius 1 is 1.14 bits per heavy atom. The molecule has 22 heavy (non-hydrogen) atoms. The lowest BCUT2D eigenvalue weighted by molar-refractivity contribution is 0.683. The van der Waals surface area contributed by atoms with Gasteiger partial charge in [-0.2, -0.15) is 0 Å². The van der Waals surface area contributed by atoms with Gasteiger partial charge in [-0.3, -0.25) is 0 Å². The molecule has 2 aromatic heterocycles. The zero-order valence-electron chi connectivity index (χ0n) is 11.8. The Morgan fingerprint density at radius 3 is 2.73 bits per heavy atom. The Bertz CT molecular complexity index is 861. The number of hydrogen-bond acceptors (Lipinski definition) is 5. The highest BCUT2D eigenvalue weighted by Gasteiger charge is 2.15. The first-order valence-electron chi connectivity index (χ1n) is 7.16. The molecule has 0 unspecified atom stereocenters. The molecule has 7 heteroatoms. The van der Waals surface area contributed by atoms with Gasteiger partial charge in [0.1, 0.15) is 5.52 Å². The normalized spacial score (nSPS) is 14.2. The predicted octanol–water partition coefficient (Wildman–Crippen LogP) is 3.73. The number of anilines is 1. The van der Waals surface area contributed by atoms with Gasteiger partial charge in [0.25, 0.3) is 0 Å². The van der Waals surface area contributed by atoms with E-state index in [1.807, 2.05) is 0 Å². The molecule has 0 radical (unpaired) electrons. The number of hydrogen-bond donors (Lipinski definition) is 2. The van der Waals surface area contributed by atoms with E-state index in [0.29, 0.717) is 22.1 Å². The van der Waals surface area contributed by atoms with Gasteiger partial charge in [0.2, 0.25) is 0 Å². The molecule has 2 heterocycles. The molecular weight excluding hydrogens is 362 g/mol. The van der Waals surface area contributed by atoms with E-state index < -0.39 is 0 Å². The zero-order chi connectivity index (χ0) is 15.1. The minimum Gasteiger partial charge on any atom is -0.382 e. The van der Waals surface area contributed by atoms with Gasteiger partial charge >= 0.3 is 0 Å². The van der Waals surface area contributed by atoms with Crippen LogP contribution < -0.4 is 5.73 Å². The fourth-order valence-electron chi connectivity index (χ4n) is 2.79. The van der Waals surface area contributed by atoms with E-state index in [1.54, 1.807) is 6.33 Å². The fraction of sp³-hybridized carbons (Fsp3) is 0.267. The highest BCUT2D eigenvalue weighted by atomic mass is 79.9. The quantitative estimate of drug-likeness (QED) is 0.667. The molecule has 1 aliphatic rings. The Labute approximate surface area is 140 Å². The van der Waals surface area contributed by atoms with Gasteiger partial charge in [-0.25, -0.2) is 15.0 Å². The van der Waals surface area contributed by atoms with Crippen LogP contribution in [0.5, 0.6) is 0 Å². The van der Waals surface area contributed by atoms with E-state index >= 15 is 0 Å². The van der Waals surface area contributed by atoms with Gasteiger partial charge in [-0.05, 0) is 76.6 Å². The predicted molar refractivity (Wildman–Crippen MR) is 91.0 cm³/mol. The van der Waals surface area contributed by atoms with Crippen LogP contribution in [0.25, 0.3) is 11.2 Å². The standard InChI is InChI=1S/C15H14BrN5S/c16-10-5-8-3-1-2-4-9(8)6-11(10)22-15-20-13(17)12-14(21-15)19-7-18-12/h5-7H,1-4H2,(H3,17,18,19,20,21). The number of nitrogens with zero attached hydrogens (tertiary/aromatic N) is 3. The van der Waals surface area contributed by atoms with Crippen LogP contribution >= 0.6 is 27.7 Å². The smallest absolute Gasteiger partial charge is 0.196 e. The number of rotatable bonds is 2. The third-order valence-corrected chi connectivity index (χ3v) is 5.73. The van der Waals surface area contributed by atoms with Gasteiger partial charge < -0.3 is 10.7 Å². The Hall–Kier alpha value is -1.60. The minimum atomic E-state index is 0.430. The van der Waals surface area contributed by atoms with Crippen molar-refractivity contribution >= 4 is 44.7 Å². The number of aromatic nitrogens is 4. The molecule has 0 aliphatic heterocycles. The Morgan fingerprint density at radius 2 is 1.91 bits per heavy atom. The third kappa shape index (κ3) is 2.48. The summed E-state index contributed by atoms with van der Waals surface area (Å²) < 4.78 is 1.09. The van der Waals surface area contributed by atoms with E-state index in [9.17, 15) is 0 Å². The largest absolute Gasteiger partial charge is 0.382 e. The number of aryl methyl sites for hydroxylation is 2. The summed E-state index contributed by atoms with van der Waals surface area (Å²) in [5, 5.41) is 0.619. The first-order valence-corrected chi connectivity index (χ1v) is 8.77. The topological polar surface area (TPSA) is 80.5 Å². The molecule has 1 aliphatic carbocycles. The summed E-state index contributed by atoms with van der Waals surface area (Å²) in [6.07, 6.45) is 6.45. The summed E-state index contributed by atoms with van der Waals surface area (Å²) in [6, 6.07) is 4.48. The van der Waals surface area contributed by atoms with E-state index in [0.717, 1.165) is 15.8 Å². The Kier molecular flexibility index (Phi) is 3.54. The van der Waals surface area contributed by atoms with Crippen molar-refractivity contribution in [3.05, 3.63) is 34.1 Å². The molecule has 4 rings (SSSR count). The molecule has 0 amide bonds. The van der Waals surface area contributed by atoms with Crippen molar-refractivity contribution in [3.8, 4) is 0 Å². The molecule has 112 valence electrons. The average molecular weight is 376 g/mol. The average Bonchev–Trinajstić information content (AvgIpc) is 2.97. The summed E-state index contributed by atoms with van der Waals surface area (Å²) in [5.74, 6) is 0.430. The van der Waals surface area contributed by atoms with Crippen LogP contribution in [0.15, 0.2) is 33.0 Å². The van der Waals surface area contributed by atoms with Gasteiger partial charge in [-0.15, -0.1) is 0 Å². The van der Waals surface area contributed by atoms with Crippen molar-refractivity contribution < 1.29 is 0 Å². The fourth-order valence-corrected chi connectivity index (χ4v) is 4.25. The number of nitrogen functional groups attached to an aromatic ring is 1. The van der Waals surface area contributed by atoms with Crippen molar-refractivity contribution in [1.29, 1.82) is 0 Å². The summed E-state index contributed by atoms with van der Waals surface area (Å²) in [7, 11) is 0. The number of nitrogens with one attached hydrogen (secondary N) is 1. The summed E-state index contributed by atoms with van der Waals surface area (Å²) in [4.78, 5) is 17.0. The molecule has 5 nitrogen and oxygen atoms in total. The molecular formula is C15H14BrN5S. The number of benzene rings is 1. The van der Waals surface area contributed by atoms with Crippen LogP contribution in [0.2, 0.25) is 0 Å². The second-order valence-electron chi connectivity index (χ2n) is 5.35. The SMILES string of the molecule is Nc1nc(Sc2cc3c(cc2Br)CCCC3)nc2nc[nH]c12. The van der Waals surface area contributed by atoms with Gasteiger partial charge in [-0.1, -0.05) is 0 Å². The molecule has 3 aromatic rings. The molecule has 3 N–H and O–H groups in total. The van der Waals surface area contributed by atoms with E-state index in [2.05, 4.69) is 48.0 Å². The van der Waals surface area contributed by atoms with Gasteiger partial charge in [0.15, 0.2) is 16.6 Å². The first kappa shape index (κ1) is 14.0. The lowest BCUT2D eigenvalue weighted by Crippen LogP contribution is -2.03. The van der Waals surface area contributed by atoms with Crippen LogP contribution in [0.3, 0.4) is 0 Å². The second-order valence-corrected chi connectivity index (χ2v) is 7.22. The first-order chi connectivity index (χ1) is 10.7. The highest BCUT2D eigenvalue weighted by molar-refractivity contribution is 9.10. The summed E-state index contributed by atoms with van der Waals surface area (Å²) in [5.41, 5.74) is 10.1. The van der Waals surface area contributed by atoms with Crippen molar-refractivity contribution in [1.82, 2.24) is 19.9 Å². The lowest BCUT2D eigenvalue weighted by atomic mass is 9.92. The Balaban J connectivity index is 1.72. The molecule has 0 saturated carbocycles. The zero-order valence-corrected chi connectivity index (χ0v) is 14.2. The second kappa shape index (κ2) is 5.55. The maximum absolute atomic E-state index is 5.96. The minimum absolute atomic E-state index is 0.430. The van der Waals surface area contributed by atoms with Crippen molar-refractivity contribution in [2.24, 2.45) is 0 Å². The number of H-pyrrole nitrogens is 1. The number of halogens is 1. The van der Waals surface area contributed by atoms with Crippen LogP contribution in [0.1, 0.15) is 24.0 Å². The molecule has 0 fully saturated rings. The van der Waals surface area contributed by atoms with E-state index in [4.69, 9.17) is 5.73 Å². The number of fused-ring (bicyclic) bond motifs is 2. The number of nitrogens with two attached hydrogens (primary N) is 1. The van der Waals surface area contributed by atoms with E-state index in [1.165, 1.54) is 42.2 Å². The van der Waals surface area contributed by atoms with Crippen LogP contribution in [0, 0.1) is 0 Å². The summed E-state index contributed by atoms with van der Waals surface area (Å²) in [6.45, 7) is 0. The maximum atomic E-state index is 5.96. The van der Waals surface area contributed by atoms with Crippen molar-refractivity contribution in [2.45, 2.75) is 35.7 Å². The number of imidazole rings is 1. The molecule has 0 saturated heterocycles. The maximum Gasteiger partial charge on any atom is 0.196 e. The van der Waals surface area contributed by atoms with Crippen molar-refractivity contribution in [3.63, 3.8) is 0 Å². The third-order valence-electron chi connectivity index (χ3n) is 3.89. The van der Waals surface area contributed by atoms with Crippen LogP contribution in [-0.4, -0.2) is 19.9 Å². The monoisotopic (exact) mass is 375 g/mol. The molecule has 0 bridgehead atoms. The summed E-state index contributed by atoms with van der Waals surface area (Å²) >= 11 is 5.18. The van der Waals surface area contributed by atoms with Gasteiger partial charge in [0, 0.05) is 9.37 Å². The van der Waals surface area contributed by atoms with Crippen LogP contribution in [0.4, 0.5) is 5.82 Å². The highest BCUT2D eigenvalue weighted by Crippen LogP contribution is 2.36. The van der Waals surface area contributed by atoms with Crippen LogP contribution in [-0.2, 0) is 12.8 Å².